The number of rotatable bonds is 0. The van der Waals surface area contributed by atoms with E-state index in [1.54, 1.807) is 0 Å². The summed E-state index contributed by atoms with van der Waals surface area (Å²) in [5.74, 6) is 0.833. The van der Waals surface area contributed by atoms with Crippen LogP contribution in [0.25, 0.3) is 0 Å². The second-order valence-electron chi connectivity index (χ2n) is 2.70. The molecule has 0 aliphatic rings. The van der Waals surface area contributed by atoms with Crippen molar-refractivity contribution in [2.24, 2.45) is 5.92 Å². The standard InChI is InChI=1S/C4H10.C3H5F3.CH3F/c1-4(2)3;1-2-3(4,5)6;1-2/h4H,1-3H3;2H2,1H3;1H3. The van der Waals surface area contributed by atoms with Crippen molar-refractivity contribution in [2.45, 2.75) is 40.3 Å². The van der Waals surface area contributed by atoms with Crippen molar-refractivity contribution >= 4 is 0 Å². The highest BCUT2D eigenvalue weighted by Crippen LogP contribution is 2.17. The lowest BCUT2D eigenvalue weighted by Gasteiger charge is -1.96. The quantitative estimate of drug-likeness (QED) is 0.502. The van der Waals surface area contributed by atoms with Crippen LogP contribution >= 0.6 is 0 Å². The highest BCUT2D eigenvalue weighted by molar-refractivity contribution is 4.39. The van der Waals surface area contributed by atoms with Crippen LogP contribution < -0.4 is 0 Å². The van der Waals surface area contributed by atoms with E-state index in [2.05, 4.69) is 20.8 Å². The Morgan fingerprint density at radius 2 is 1.08 bits per heavy atom. The molecule has 4 heteroatoms. The molecular formula is C8H18F4. The van der Waals surface area contributed by atoms with Gasteiger partial charge in [-0.15, -0.1) is 0 Å². The molecule has 0 aromatic heterocycles. The van der Waals surface area contributed by atoms with Crippen LogP contribution in [0.4, 0.5) is 17.6 Å². The second kappa shape index (κ2) is 10.7. The van der Waals surface area contributed by atoms with Crippen molar-refractivity contribution in [3.8, 4) is 0 Å². The molecule has 0 saturated carbocycles. The molecule has 0 nitrogen and oxygen atoms in total. The van der Waals surface area contributed by atoms with Crippen LogP contribution in [0.5, 0.6) is 0 Å². The zero-order valence-electron chi connectivity index (χ0n) is 8.30. The summed E-state index contributed by atoms with van der Waals surface area (Å²) < 4.78 is 41.9. The molecule has 0 aromatic rings. The van der Waals surface area contributed by atoms with E-state index < -0.39 is 12.6 Å². The van der Waals surface area contributed by atoms with Crippen molar-refractivity contribution in [2.75, 3.05) is 7.18 Å². The third-order valence-electron chi connectivity index (χ3n) is 0.401. The molecule has 0 fully saturated rings. The van der Waals surface area contributed by atoms with Gasteiger partial charge < -0.3 is 0 Å². The van der Waals surface area contributed by atoms with Crippen LogP contribution in [-0.2, 0) is 0 Å². The molecule has 0 N–H and O–H groups in total. The van der Waals surface area contributed by atoms with Gasteiger partial charge in [-0.25, -0.2) is 0 Å². The van der Waals surface area contributed by atoms with Crippen LogP contribution in [0.2, 0.25) is 0 Å². The molecule has 0 radical (unpaired) electrons. The van der Waals surface area contributed by atoms with Gasteiger partial charge in [0.15, 0.2) is 0 Å². The Hall–Kier alpha value is -0.280. The molecule has 0 bridgehead atoms. The Kier molecular flexibility index (Phi) is 15.8. The van der Waals surface area contributed by atoms with Crippen molar-refractivity contribution in [1.29, 1.82) is 0 Å². The molecule has 0 atom stereocenters. The summed E-state index contributed by atoms with van der Waals surface area (Å²) >= 11 is 0. The van der Waals surface area contributed by atoms with Crippen molar-refractivity contribution < 1.29 is 17.6 Å². The highest BCUT2D eigenvalue weighted by atomic mass is 19.4. The number of alkyl halides is 4. The Morgan fingerprint density at radius 3 is 1.08 bits per heavy atom. The van der Waals surface area contributed by atoms with Gasteiger partial charge in [0, 0.05) is 6.42 Å². The molecule has 0 amide bonds. The molecule has 78 valence electrons. The molecule has 0 unspecified atom stereocenters. The molecular weight excluding hydrogens is 172 g/mol. The third kappa shape index (κ3) is 99.9. The lowest BCUT2D eigenvalue weighted by Crippen LogP contribution is -2.02. The van der Waals surface area contributed by atoms with Gasteiger partial charge in [-0.1, -0.05) is 27.7 Å². The molecule has 0 heterocycles. The Labute approximate surface area is 72.0 Å². The van der Waals surface area contributed by atoms with Crippen molar-refractivity contribution in [3.05, 3.63) is 0 Å². The zero-order valence-corrected chi connectivity index (χ0v) is 8.30. The average Bonchev–Trinajstić information content (AvgIpc) is 1.90. The maximum absolute atomic E-state index is 10.8. The maximum Gasteiger partial charge on any atom is 0.388 e. The first-order chi connectivity index (χ1) is 5.29. The van der Waals surface area contributed by atoms with Crippen molar-refractivity contribution in [1.82, 2.24) is 0 Å². The SMILES string of the molecule is CC(C)C.CCC(F)(F)F.CF. The predicted molar refractivity (Wildman–Crippen MR) is 43.9 cm³/mol. The van der Waals surface area contributed by atoms with E-state index >= 15 is 0 Å². The van der Waals surface area contributed by atoms with E-state index in [1.165, 1.54) is 0 Å². The van der Waals surface area contributed by atoms with E-state index in [0.717, 1.165) is 12.8 Å². The predicted octanol–water partition coefficient (Wildman–Crippen LogP) is 4.21. The molecule has 0 spiro atoms. The second-order valence-corrected chi connectivity index (χ2v) is 2.70. The molecule has 0 aromatic carbocycles. The van der Waals surface area contributed by atoms with Crippen LogP contribution in [0.15, 0.2) is 0 Å². The van der Waals surface area contributed by atoms with E-state index in [4.69, 9.17) is 0 Å². The Balaban J connectivity index is -0.000000118. The first-order valence-electron chi connectivity index (χ1n) is 3.74. The lowest BCUT2D eigenvalue weighted by molar-refractivity contribution is -0.130. The zero-order chi connectivity index (χ0) is 10.8. The summed E-state index contributed by atoms with van der Waals surface area (Å²) in [6, 6.07) is 0. The third-order valence-corrected chi connectivity index (χ3v) is 0.401. The highest BCUT2D eigenvalue weighted by Gasteiger charge is 2.22. The van der Waals surface area contributed by atoms with E-state index in [1.807, 2.05) is 0 Å². The fourth-order valence-electron chi connectivity index (χ4n) is 0. The Morgan fingerprint density at radius 1 is 1.00 bits per heavy atom. The van der Waals surface area contributed by atoms with Gasteiger partial charge in [-0.2, -0.15) is 13.2 Å². The number of halogens is 4. The maximum atomic E-state index is 10.8. The molecule has 0 rings (SSSR count). The first-order valence-corrected chi connectivity index (χ1v) is 3.74. The number of hydrogen-bond donors (Lipinski definition) is 0. The normalized spacial score (nSPS) is 9.50. The summed E-state index contributed by atoms with van der Waals surface area (Å²) in [6.07, 6.45) is -4.69. The fraction of sp³-hybridized carbons (Fsp3) is 1.00. The number of hydrogen-bond acceptors (Lipinski definition) is 0. The minimum Gasteiger partial charge on any atom is -0.255 e. The molecule has 0 saturated heterocycles. The van der Waals surface area contributed by atoms with Gasteiger partial charge >= 0.3 is 6.18 Å². The van der Waals surface area contributed by atoms with Gasteiger partial charge in [-0.3, -0.25) is 4.39 Å². The summed E-state index contributed by atoms with van der Waals surface area (Å²) in [5.41, 5.74) is 0. The van der Waals surface area contributed by atoms with Gasteiger partial charge in [-0.05, 0) is 5.92 Å². The van der Waals surface area contributed by atoms with Gasteiger partial charge in [0.25, 0.3) is 0 Å². The average molecular weight is 190 g/mol. The van der Waals surface area contributed by atoms with E-state index in [9.17, 15) is 17.6 Å². The minimum absolute atomic E-state index is 0.500. The summed E-state index contributed by atoms with van der Waals surface area (Å²) in [6.45, 7) is 7.58. The fourth-order valence-corrected chi connectivity index (χ4v) is 0. The minimum atomic E-state index is -3.96. The topological polar surface area (TPSA) is 0 Å². The summed E-state index contributed by atoms with van der Waals surface area (Å²) in [7, 11) is 0.500. The van der Waals surface area contributed by atoms with Crippen molar-refractivity contribution in [3.63, 3.8) is 0 Å². The Bertz CT molecular complexity index is 63.2. The van der Waals surface area contributed by atoms with Crippen LogP contribution in [0, 0.1) is 5.92 Å². The molecule has 12 heavy (non-hydrogen) atoms. The summed E-state index contributed by atoms with van der Waals surface area (Å²) in [5, 5.41) is 0. The summed E-state index contributed by atoms with van der Waals surface area (Å²) in [4.78, 5) is 0. The van der Waals surface area contributed by atoms with E-state index in [-0.39, 0.29) is 0 Å². The molecule has 0 aliphatic heterocycles. The first kappa shape index (κ1) is 17.7. The van der Waals surface area contributed by atoms with Crippen LogP contribution in [0.3, 0.4) is 0 Å². The molecule has 0 aliphatic carbocycles. The van der Waals surface area contributed by atoms with Crippen LogP contribution in [0.1, 0.15) is 34.1 Å². The largest absolute Gasteiger partial charge is 0.388 e. The lowest BCUT2D eigenvalue weighted by atomic mass is 10.3. The van der Waals surface area contributed by atoms with Gasteiger partial charge in [0.1, 0.15) is 0 Å². The van der Waals surface area contributed by atoms with Crippen LogP contribution in [-0.4, -0.2) is 13.4 Å². The van der Waals surface area contributed by atoms with Gasteiger partial charge in [0.05, 0.1) is 7.18 Å². The smallest absolute Gasteiger partial charge is 0.255 e. The van der Waals surface area contributed by atoms with Gasteiger partial charge in [0.2, 0.25) is 0 Å². The van der Waals surface area contributed by atoms with E-state index in [0.29, 0.717) is 7.18 Å². The monoisotopic (exact) mass is 190 g/mol.